The van der Waals surface area contributed by atoms with Crippen LogP contribution in [0.3, 0.4) is 0 Å². The van der Waals surface area contributed by atoms with E-state index in [1.165, 1.54) is 6.07 Å². The predicted octanol–water partition coefficient (Wildman–Crippen LogP) is 2.88. The molecule has 0 fully saturated rings. The van der Waals surface area contributed by atoms with Crippen molar-refractivity contribution in [3.63, 3.8) is 0 Å². The van der Waals surface area contributed by atoms with Crippen LogP contribution in [-0.4, -0.2) is 23.4 Å². The van der Waals surface area contributed by atoms with E-state index in [-0.39, 0.29) is 6.61 Å². The molecule has 0 aliphatic carbocycles. The molecule has 0 amide bonds. The number of aliphatic hydroxyl groups excluding tert-OH is 2. The number of halogens is 1. The number of benzene rings is 2. The Morgan fingerprint density at radius 3 is 2.43 bits per heavy atom. The molecule has 3 nitrogen and oxygen atoms in total. The highest BCUT2D eigenvalue weighted by Crippen LogP contribution is 2.30. The summed E-state index contributed by atoms with van der Waals surface area (Å²) in [5.74, 6) is -0.391. The van der Waals surface area contributed by atoms with Crippen LogP contribution in [0.15, 0.2) is 48.5 Å². The molecule has 0 aliphatic heterocycles. The van der Waals surface area contributed by atoms with Crippen molar-refractivity contribution in [3.05, 3.63) is 65.5 Å². The second kappa shape index (κ2) is 7.20. The van der Waals surface area contributed by atoms with Gasteiger partial charge in [0.05, 0.1) is 18.4 Å². The molecule has 1 atom stereocenters. The van der Waals surface area contributed by atoms with Gasteiger partial charge in [0.25, 0.3) is 0 Å². The maximum absolute atomic E-state index is 14.3. The molecule has 21 heavy (non-hydrogen) atoms. The fraction of sp³-hybridized carbons (Fsp3) is 0.294. The van der Waals surface area contributed by atoms with Crippen LogP contribution >= 0.6 is 0 Å². The van der Waals surface area contributed by atoms with Crippen LogP contribution < -0.4 is 4.90 Å². The lowest BCUT2D eigenvalue weighted by Gasteiger charge is -2.28. The number of hydrogen-bond donors (Lipinski definition) is 2. The van der Waals surface area contributed by atoms with E-state index in [0.29, 0.717) is 24.3 Å². The Labute approximate surface area is 124 Å². The molecule has 2 aromatic carbocycles. The Balaban J connectivity index is 2.38. The summed E-state index contributed by atoms with van der Waals surface area (Å²) in [5, 5.41) is 19.1. The Morgan fingerprint density at radius 1 is 1.10 bits per heavy atom. The number of aliphatic hydroxyl groups is 2. The molecule has 0 radical (unpaired) electrons. The minimum absolute atomic E-state index is 0.0829. The van der Waals surface area contributed by atoms with Gasteiger partial charge in [0.2, 0.25) is 0 Å². The van der Waals surface area contributed by atoms with Gasteiger partial charge in [-0.2, -0.15) is 0 Å². The monoisotopic (exact) mass is 289 g/mol. The van der Waals surface area contributed by atoms with Crippen molar-refractivity contribution in [1.29, 1.82) is 0 Å². The maximum Gasteiger partial charge on any atom is 0.146 e. The average Bonchev–Trinajstić information content (AvgIpc) is 2.47. The van der Waals surface area contributed by atoms with Gasteiger partial charge in [0, 0.05) is 18.7 Å². The predicted molar refractivity (Wildman–Crippen MR) is 81.6 cm³/mol. The van der Waals surface area contributed by atoms with Crippen LogP contribution in [0.25, 0.3) is 0 Å². The van der Waals surface area contributed by atoms with Crippen molar-refractivity contribution in [2.45, 2.75) is 19.6 Å². The van der Waals surface area contributed by atoms with Crippen molar-refractivity contribution in [3.8, 4) is 0 Å². The van der Waals surface area contributed by atoms with Gasteiger partial charge in [-0.05, 0) is 18.6 Å². The first-order valence-corrected chi connectivity index (χ1v) is 6.99. The summed E-state index contributed by atoms with van der Waals surface area (Å²) in [4.78, 5) is 1.76. The lowest BCUT2D eigenvalue weighted by atomic mass is 10.1. The molecule has 0 saturated heterocycles. The zero-order valence-corrected chi connectivity index (χ0v) is 12.0. The van der Waals surface area contributed by atoms with E-state index in [4.69, 9.17) is 0 Å². The van der Waals surface area contributed by atoms with E-state index in [9.17, 15) is 14.6 Å². The number of rotatable bonds is 6. The fourth-order valence-electron chi connectivity index (χ4n) is 2.40. The van der Waals surface area contributed by atoms with E-state index in [1.807, 2.05) is 30.3 Å². The van der Waals surface area contributed by atoms with Gasteiger partial charge >= 0.3 is 0 Å². The molecule has 112 valence electrons. The molecule has 0 unspecified atom stereocenters. The summed E-state index contributed by atoms with van der Waals surface area (Å²) in [6.45, 7) is 2.30. The molecule has 0 spiro atoms. The number of hydrogen-bond acceptors (Lipinski definition) is 3. The van der Waals surface area contributed by atoms with E-state index in [0.717, 1.165) is 5.56 Å². The van der Waals surface area contributed by atoms with E-state index in [1.54, 1.807) is 24.0 Å². The largest absolute Gasteiger partial charge is 0.395 e. The van der Waals surface area contributed by atoms with E-state index in [2.05, 4.69) is 0 Å². The standard InChI is InChI=1S/C17H20FNO2/c1-13(21)15-8-5-9-16(18)17(15)19(10-11-20)12-14-6-3-2-4-7-14/h2-9,13,20-21H,10-12H2,1H3/t13-/m1/s1. The zero-order valence-electron chi connectivity index (χ0n) is 12.0. The third-order valence-corrected chi connectivity index (χ3v) is 3.37. The van der Waals surface area contributed by atoms with Gasteiger partial charge in [0.1, 0.15) is 5.82 Å². The van der Waals surface area contributed by atoms with Crippen LogP contribution in [0.1, 0.15) is 24.2 Å². The summed E-state index contributed by atoms with van der Waals surface area (Å²) in [6, 6.07) is 14.3. The highest BCUT2D eigenvalue weighted by molar-refractivity contribution is 5.56. The second-order valence-electron chi connectivity index (χ2n) is 4.98. The van der Waals surface area contributed by atoms with Gasteiger partial charge in [-0.15, -0.1) is 0 Å². The van der Waals surface area contributed by atoms with Crippen molar-refractivity contribution in [2.75, 3.05) is 18.1 Å². The summed E-state index contributed by atoms with van der Waals surface area (Å²) >= 11 is 0. The van der Waals surface area contributed by atoms with Gasteiger partial charge in [-0.1, -0.05) is 42.5 Å². The van der Waals surface area contributed by atoms with Gasteiger partial charge in [0.15, 0.2) is 0 Å². The Bertz CT molecular complexity index is 572. The number of para-hydroxylation sites is 1. The van der Waals surface area contributed by atoms with Gasteiger partial charge < -0.3 is 15.1 Å². The molecule has 0 bridgehead atoms. The summed E-state index contributed by atoms with van der Waals surface area (Å²) in [5.41, 5.74) is 1.90. The van der Waals surface area contributed by atoms with Crippen LogP contribution in [0, 0.1) is 5.82 Å². The minimum Gasteiger partial charge on any atom is -0.395 e. The highest BCUT2D eigenvalue weighted by Gasteiger charge is 2.18. The SMILES string of the molecule is C[C@@H](O)c1cccc(F)c1N(CCO)Cc1ccccc1. The second-order valence-corrected chi connectivity index (χ2v) is 4.98. The molecular weight excluding hydrogens is 269 g/mol. The molecular formula is C17H20FNO2. The molecule has 0 heterocycles. The number of anilines is 1. The van der Waals surface area contributed by atoms with Crippen LogP contribution in [0.4, 0.5) is 10.1 Å². The first kappa shape index (κ1) is 15.5. The highest BCUT2D eigenvalue weighted by atomic mass is 19.1. The lowest BCUT2D eigenvalue weighted by molar-refractivity contribution is 0.199. The molecule has 2 N–H and O–H groups in total. The molecule has 0 saturated carbocycles. The van der Waals surface area contributed by atoms with Crippen molar-refractivity contribution >= 4 is 5.69 Å². The summed E-state index contributed by atoms with van der Waals surface area (Å²) < 4.78 is 14.3. The molecule has 4 heteroatoms. The van der Waals surface area contributed by atoms with E-state index >= 15 is 0 Å². The first-order valence-electron chi connectivity index (χ1n) is 6.99. The zero-order chi connectivity index (χ0) is 15.2. The molecule has 2 rings (SSSR count). The van der Waals surface area contributed by atoms with Crippen molar-refractivity contribution in [1.82, 2.24) is 0 Å². The topological polar surface area (TPSA) is 43.7 Å². The maximum atomic E-state index is 14.3. The molecule has 2 aromatic rings. The smallest absolute Gasteiger partial charge is 0.146 e. The lowest BCUT2D eigenvalue weighted by Crippen LogP contribution is -2.28. The average molecular weight is 289 g/mol. The first-order chi connectivity index (χ1) is 10.1. The minimum atomic E-state index is -0.771. The normalized spacial score (nSPS) is 12.2. The van der Waals surface area contributed by atoms with Crippen LogP contribution in [-0.2, 0) is 6.54 Å². The molecule has 0 aromatic heterocycles. The van der Waals surface area contributed by atoms with Crippen LogP contribution in [0.5, 0.6) is 0 Å². The van der Waals surface area contributed by atoms with Crippen molar-refractivity contribution < 1.29 is 14.6 Å². The van der Waals surface area contributed by atoms with Crippen LogP contribution in [0.2, 0.25) is 0 Å². The van der Waals surface area contributed by atoms with Gasteiger partial charge in [-0.3, -0.25) is 0 Å². The Morgan fingerprint density at radius 2 is 1.81 bits per heavy atom. The van der Waals surface area contributed by atoms with Gasteiger partial charge in [-0.25, -0.2) is 4.39 Å². The number of nitrogens with zero attached hydrogens (tertiary/aromatic N) is 1. The van der Waals surface area contributed by atoms with E-state index < -0.39 is 11.9 Å². The summed E-state index contributed by atoms with van der Waals surface area (Å²) in [6.07, 6.45) is -0.771. The molecule has 0 aliphatic rings. The Kier molecular flexibility index (Phi) is 5.31. The fourth-order valence-corrected chi connectivity index (χ4v) is 2.40. The summed E-state index contributed by atoms with van der Waals surface area (Å²) in [7, 11) is 0. The third kappa shape index (κ3) is 3.80. The quantitative estimate of drug-likeness (QED) is 0.859. The Hall–Kier alpha value is -1.91. The van der Waals surface area contributed by atoms with Crippen molar-refractivity contribution in [2.24, 2.45) is 0 Å². The third-order valence-electron chi connectivity index (χ3n) is 3.37.